The first-order valence-corrected chi connectivity index (χ1v) is 12.4. The van der Waals surface area contributed by atoms with E-state index in [4.69, 9.17) is 16.3 Å². The normalized spacial score (nSPS) is 15.4. The van der Waals surface area contributed by atoms with Crippen LogP contribution in [0.2, 0.25) is 5.02 Å². The highest BCUT2D eigenvalue weighted by molar-refractivity contribution is 7.10. The van der Waals surface area contributed by atoms with Gasteiger partial charge in [-0.05, 0) is 74.4 Å². The molecule has 0 saturated carbocycles. The van der Waals surface area contributed by atoms with E-state index >= 15 is 0 Å². The van der Waals surface area contributed by atoms with Gasteiger partial charge < -0.3 is 19.9 Å². The molecule has 0 aliphatic carbocycles. The number of carbonyl (C=O) groups excluding carboxylic acids is 2. The van der Waals surface area contributed by atoms with Gasteiger partial charge in [-0.2, -0.15) is 0 Å². The topological polar surface area (TPSA) is 61.9 Å². The number of thiophene rings is 1. The maximum atomic E-state index is 13.4. The molecular weight excluding hydrogens is 446 g/mol. The predicted molar refractivity (Wildman–Crippen MR) is 130 cm³/mol. The molecule has 6 nitrogen and oxygen atoms in total. The molecule has 1 atom stereocenters. The van der Waals surface area contributed by atoms with Crippen LogP contribution in [0.25, 0.3) is 0 Å². The summed E-state index contributed by atoms with van der Waals surface area (Å²) in [5, 5.41) is 5.66. The van der Waals surface area contributed by atoms with Gasteiger partial charge >= 0.3 is 6.03 Å². The summed E-state index contributed by atoms with van der Waals surface area (Å²) in [4.78, 5) is 30.7. The molecule has 3 rings (SSSR count). The number of rotatable bonds is 8. The van der Waals surface area contributed by atoms with Crippen molar-refractivity contribution >= 4 is 34.9 Å². The van der Waals surface area contributed by atoms with Gasteiger partial charge in [0.1, 0.15) is 18.9 Å². The van der Waals surface area contributed by atoms with Crippen molar-refractivity contribution in [3.63, 3.8) is 0 Å². The molecule has 0 bridgehead atoms. The van der Waals surface area contributed by atoms with Gasteiger partial charge in [-0.3, -0.25) is 4.79 Å². The smallest absolute Gasteiger partial charge is 0.318 e. The second-order valence-electron chi connectivity index (χ2n) is 8.40. The minimum absolute atomic E-state index is 0.0179. The number of hydrogen-bond acceptors (Lipinski definition) is 4. The molecule has 0 spiro atoms. The van der Waals surface area contributed by atoms with Crippen molar-refractivity contribution < 1.29 is 14.3 Å². The molecule has 1 aromatic heterocycles. The van der Waals surface area contributed by atoms with E-state index in [1.54, 1.807) is 16.2 Å². The number of urea groups is 1. The van der Waals surface area contributed by atoms with Crippen LogP contribution < -0.4 is 10.1 Å². The van der Waals surface area contributed by atoms with Gasteiger partial charge in [0.25, 0.3) is 0 Å². The van der Waals surface area contributed by atoms with Crippen LogP contribution in [0.15, 0.2) is 29.6 Å². The van der Waals surface area contributed by atoms with E-state index in [9.17, 15) is 9.59 Å². The van der Waals surface area contributed by atoms with E-state index in [1.807, 2.05) is 50.8 Å². The number of halogens is 1. The van der Waals surface area contributed by atoms with Gasteiger partial charge in [-0.25, -0.2) is 4.79 Å². The lowest BCUT2D eigenvalue weighted by atomic mass is 10.0. The second kappa shape index (κ2) is 11.1. The van der Waals surface area contributed by atoms with Gasteiger partial charge in [-0.1, -0.05) is 18.5 Å². The number of ether oxygens (including phenoxy) is 1. The molecule has 1 unspecified atom stereocenters. The van der Waals surface area contributed by atoms with Crippen molar-refractivity contribution in [3.05, 3.63) is 50.7 Å². The van der Waals surface area contributed by atoms with E-state index in [0.717, 1.165) is 29.7 Å². The number of aryl methyl sites for hydroxylation is 1. The van der Waals surface area contributed by atoms with Crippen molar-refractivity contribution in [2.75, 3.05) is 26.2 Å². The second-order valence-corrected chi connectivity index (χ2v) is 9.81. The Morgan fingerprint density at radius 2 is 2.12 bits per heavy atom. The summed E-state index contributed by atoms with van der Waals surface area (Å²) in [6, 6.07) is 7.28. The Morgan fingerprint density at radius 1 is 1.34 bits per heavy atom. The highest BCUT2D eigenvalue weighted by Gasteiger charge is 2.33. The van der Waals surface area contributed by atoms with Crippen LogP contribution in [0, 0.1) is 6.92 Å². The molecule has 0 saturated heterocycles. The van der Waals surface area contributed by atoms with Crippen LogP contribution in [0.1, 0.15) is 49.2 Å². The van der Waals surface area contributed by atoms with Crippen LogP contribution in [0.3, 0.4) is 0 Å². The first-order valence-electron chi connectivity index (χ1n) is 11.1. The summed E-state index contributed by atoms with van der Waals surface area (Å²) < 4.78 is 6.10. The largest absolute Gasteiger partial charge is 0.491 e. The van der Waals surface area contributed by atoms with Crippen LogP contribution in [-0.4, -0.2) is 54.0 Å². The van der Waals surface area contributed by atoms with Crippen molar-refractivity contribution in [2.24, 2.45) is 0 Å². The third-order valence-electron chi connectivity index (χ3n) is 5.47. The maximum absolute atomic E-state index is 13.4. The van der Waals surface area contributed by atoms with Crippen molar-refractivity contribution in [1.29, 1.82) is 0 Å². The third kappa shape index (κ3) is 5.95. The highest BCUT2D eigenvalue weighted by Crippen LogP contribution is 2.34. The Labute approximate surface area is 199 Å². The van der Waals surface area contributed by atoms with E-state index in [2.05, 4.69) is 16.8 Å². The molecule has 2 aromatic rings. The maximum Gasteiger partial charge on any atom is 0.318 e. The summed E-state index contributed by atoms with van der Waals surface area (Å²) in [5.41, 5.74) is 2.08. The SMILES string of the molecule is CCCN(CC(=O)N1CCc2sccc2C1COc1ccc(Cl)c(C)c1)C(=O)NC(C)C. The molecule has 1 aliphatic rings. The molecule has 0 radical (unpaired) electrons. The van der Waals surface area contributed by atoms with Crippen LogP contribution in [0.4, 0.5) is 4.79 Å². The van der Waals surface area contributed by atoms with Gasteiger partial charge in [0.2, 0.25) is 5.91 Å². The standard InChI is InChI=1S/C24H32ClN3O3S/c1-5-10-27(24(30)26-16(2)3)14-23(29)28-11-8-22-19(9-12-32-22)21(28)15-31-18-6-7-20(25)17(4)13-18/h6-7,9,12-13,16,21H,5,8,10-11,14-15H2,1-4H3,(H,26,30). The first kappa shape index (κ1) is 24.4. The van der Waals surface area contributed by atoms with E-state index < -0.39 is 0 Å². The number of amides is 3. The molecule has 2 heterocycles. The Balaban J connectivity index is 1.76. The summed E-state index contributed by atoms with van der Waals surface area (Å²) in [6.45, 7) is 9.33. The van der Waals surface area contributed by atoms with Crippen molar-refractivity contribution in [3.8, 4) is 5.75 Å². The van der Waals surface area contributed by atoms with Gasteiger partial charge in [-0.15, -0.1) is 11.3 Å². The number of fused-ring (bicyclic) bond motifs is 1. The molecule has 32 heavy (non-hydrogen) atoms. The average molecular weight is 478 g/mol. The Morgan fingerprint density at radius 3 is 2.81 bits per heavy atom. The quantitative estimate of drug-likeness (QED) is 0.579. The lowest BCUT2D eigenvalue weighted by molar-refractivity contribution is -0.135. The van der Waals surface area contributed by atoms with E-state index in [-0.39, 0.29) is 30.6 Å². The Hall–Kier alpha value is -2.25. The van der Waals surface area contributed by atoms with Crippen molar-refractivity contribution in [2.45, 2.75) is 52.6 Å². The number of nitrogens with one attached hydrogen (secondary N) is 1. The molecule has 1 aromatic carbocycles. The zero-order chi connectivity index (χ0) is 23.3. The zero-order valence-electron chi connectivity index (χ0n) is 19.2. The molecule has 1 aliphatic heterocycles. The number of hydrogen-bond donors (Lipinski definition) is 1. The van der Waals surface area contributed by atoms with Crippen LogP contribution >= 0.6 is 22.9 Å². The summed E-state index contributed by atoms with van der Waals surface area (Å²) in [6.07, 6.45) is 1.61. The highest BCUT2D eigenvalue weighted by atomic mass is 35.5. The minimum atomic E-state index is -0.201. The summed E-state index contributed by atoms with van der Waals surface area (Å²) >= 11 is 7.85. The number of nitrogens with zero attached hydrogens (tertiary/aromatic N) is 2. The number of carbonyl (C=O) groups is 2. The lowest BCUT2D eigenvalue weighted by Crippen LogP contribution is -2.50. The summed E-state index contributed by atoms with van der Waals surface area (Å²) in [5.74, 6) is 0.667. The monoisotopic (exact) mass is 477 g/mol. The molecule has 0 fully saturated rings. The fraction of sp³-hybridized carbons (Fsp3) is 0.500. The molecule has 8 heteroatoms. The number of benzene rings is 1. The molecular formula is C24H32ClN3O3S. The Bertz CT molecular complexity index is 946. The molecule has 3 amide bonds. The Kier molecular flexibility index (Phi) is 8.43. The average Bonchev–Trinajstić information content (AvgIpc) is 3.22. The predicted octanol–water partition coefficient (Wildman–Crippen LogP) is 5.04. The van der Waals surface area contributed by atoms with Gasteiger partial charge in [0, 0.05) is 29.0 Å². The van der Waals surface area contributed by atoms with Crippen LogP contribution in [0.5, 0.6) is 5.75 Å². The van der Waals surface area contributed by atoms with E-state index in [0.29, 0.717) is 24.7 Å². The minimum Gasteiger partial charge on any atom is -0.491 e. The zero-order valence-corrected chi connectivity index (χ0v) is 20.8. The van der Waals surface area contributed by atoms with Crippen molar-refractivity contribution in [1.82, 2.24) is 15.1 Å². The summed E-state index contributed by atoms with van der Waals surface area (Å²) in [7, 11) is 0. The van der Waals surface area contributed by atoms with Gasteiger partial charge in [0.05, 0.1) is 6.04 Å². The van der Waals surface area contributed by atoms with Crippen LogP contribution in [-0.2, 0) is 11.2 Å². The first-order chi connectivity index (χ1) is 15.3. The fourth-order valence-corrected chi connectivity index (χ4v) is 4.92. The lowest BCUT2D eigenvalue weighted by Gasteiger charge is -2.37. The fourth-order valence-electron chi connectivity index (χ4n) is 3.87. The molecule has 1 N–H and O–H groups in total. The van der Waals surface area contributed by atoms with Gasteiger partial charge in [0.15, 0.2) is 0 Å². The van der Waals surface area contributed by atoms with E-state index in [1.165, 1.54) is 4.88 Å². The molecule has 174 valence electrons. The third-order valence-corrected chi connectivity index (χ3v) is 6.89.